The largest absolute Gasteiger partial charge is 0.340 e. The van der Waals surface area contributed by atoms with Gasteiger partial charge in [0.2, 0.25) is 0 Å². The fraction of sp³-hybridized carbons (Fsp3) is 0.0500. The maximum atomic E-state index is 11.1. The van der Waals surface area contributed by atoms with E-state index in [1.165, 1.54) is 0 Å². The van der Waals surface area contributed by atoms with Crippen molar-refractivity contribution >= 4 is 23.5 Å². The van der Waals surface area contributed by atoms with Crippen LogP contribution < -0.4 is 5.32 Å². The summed E-state index contributed by atoms with van der Waals surface area (Å²) in [5.74, 6) is 0.666. The lowest BCUT2D eigenvalue weighted by Gasteiger charge is -2.14. The summed E-state index contributed by atoms with van der Waals surface area (Å²) in [7, 11) is 0. The van der Waals surface area contributed by atoms with Crippen LogP contribution in [0.25, 0.3) is 0 Å². The number of nitrogens with one attached hydrogen (secondary N) is 2. The van der Waals surface area contributed by atoms with Gasteiger partial charge in [-0.15, -0.1) is 0 Å². The van der Waals surface area contributed by atoms with Gasteiger partial charge in [-0.2, -0.15) is 0 Å². The van der Waals surface area contributed by atoms with Crippen LogP contribution in [0, 0.1) is 12.3 Å². The Morgan fingerprint density at radius 3 is 2.54 bits per heavy atom. The number of rotatable bonds is 5. The Bertz CT molecular complexity index is 888. The third kappa shape index (κ3) is 3.22. The highest BCUT2D eigenvalue weighted by Crippen LogP contribution is 2.25. The number of aryl methyl sites for hydroxylation is 1. The molecule has 0 unspecified atom stereocenters. The van der Waals surface area contributed by atoms with Crippen LogP contribution in [0.1, 0.15) is 27.0 Å². The zero-order valence-electron chi connectivity index (χ0n) is 13.3. The van der Waals surface area contributed by atoms with Gasteiger partial charge in [0.1, 0.15) is 12.1 Å². The molecule has 3 aromatic rings. The molecule has 0 amide bonds. The number of aromatic nitrogens is 1. The fourth-order valence-electron chi connectivity index (χ4n) is 2.53. The molecule has 2 N–H and O–H groups in total. The lowest BCUT2D eigenvalue weighted by molar-refractivity contribution is 0.112. The predicted octanol–water partition coefficient (Wildman–Crippen LogP) is 4.36. The number of hydrogen-bond acceptors (Lipinski definition) is 4. The van der Waals surface area contributed by atoms with E-state index in [1.807, 2.05) is 49.4 Å². The monoisotopic (exact) mass is 315 g/mol. The molecule has 1 aromatic heterocycles. The van der Waals surface area contributed by atoms with Crippen LogP contribution in [-0.2, 0) is 0 Å². The zero-order valence-corrected chi connectivity index (χ0v) is 13.3. The van der Waals surface area contributed by atoms with Crippen molar-refractivity contribution < 1.29 is 4.79 Å². The molecule has 0 saturated heterocycles. The van der Waals surface area contributed by atoms with E-state index >= 15 is 0 Å². The third-order valence-electron chi connectivity index (χ3n) is 3.79. The minimum absolute atomic E-state index is 0.406. The number of benzene rings is 2. The third-order valence-corrected chi connectivity index (χ3v) is 3.79. The summed E-state index contributed by atoms with van der Waals surface area (Å²) >= 11 is 0. The number of carbonyl (C=O) groups is 1. The Balaban J connectivity index is 2.05. The lowest BCUT2D eigenvalue weighted by atomic mass is 9.96. The average Bonchev–Trinajstić information content (AvgIpc) is 2.62. The van der Waals surface area contributed by atoms with Crippen molar-refractivity contribution in [3.05, 3.63) is 89.1 Å². The molecule has 0 atom stereocenters. The van der Waals surface area contributed by atoms with E-state index in [0.717, 1.165) is 23.0 Å². The number of anilines is 2. The smallest absolute Gasteiger partial charge is 0.150 e. The van der Waals surface area contributed by atoms with Crippen molar-refractivity contribution in [2.45, 2.75) is 6.92 Å². The highest BCUT2D eigenvalue weighted by Gasteiger charge is 2.13. The molecular formula is C20H17N3O. The first kappa shape index (κ1) is 15.6. The van der Waals surface area contributed by atoms with Gasteiger partial charge >= 0.3 is 0 Å². The van der Waals surface area contributed by atoms with Gasteiger partial charge in [0.05, 0.1) is 5.71 Å². The van der Waals surface area contributed by atoms with Crippen molar-refractivity contribution in [3.63, 3.8) is 0 Å². The Morgan fingerprint density at radius 1 is 1.04 bits per heavy atom. The second-order valence-electron chi connectivity index (χ2n) is 5.45. The molecule has 4 nitrogen and oxygen atoms in total. The van der Waals surface area contributed by atoms with Crippen LogP contribution >= 0.6 is 0 Å². The van der Waals surface area contributed by atoms with Crippen molar-refractivity contribution in [1.29, 1.82) is 5.41 Å². The molecule has 24 heavy (non-hydrogen) atoms. The van der Waals surface area contributed by atoms with Gasteiger partial charge in [-0.1, -0.05) is 42.5 Å². The van der Waals surface area contributed by atoms with E-state index in [4.69, 9.17) is 5.41 Å². The Kier molecular flexibility index (Phi) is 4.47. The lowest BCUT2D eigenvalue weighted by Crippen LogP contribution is -2.08. The van der Waals surface area contributed by atoms with Crippen LogP contribution in [0.15, 0.2) is 66.9 Å². The second-order valence-corrected chi connectivity index (χ2v) is 5.45. The summed E-state index contributed by atoms with van der Waals surface area (Å²) in [5, 5.41) is 11.8. The Hall–Kier alpha value is -3.27. The highest BCUT2D eigenvalue weighted by molar-refractivity contribution is 6.15. The number of hydrogen-bond donors (Lipinski definition) is 2. The summed E-state index contributed by atoms with van der Waals surface area (Å²) in [5.41, 5.74) is 4.26. The second kappa shape index (κ2) is 6.87. The van der Waals surface area contributed by atoms with Gasteiger partial charge < -0.3 is 5.32 Å². The van der Waals surface area contributed by atoms with Crippen LogP contribution in [-0.4, -0.2) is 17.0 Å². The molecule has 0 aliphatic rings. The zero-order chi connectivity index (χ0) is 16.9. The number of carbonyl (C=O) groups excluding carboxylic acids is 1. The molecule has 0 radical (unpaired) electrons. The molecule has 4 heteroatoms. The Labute approximate surface area is 140 Å². The van der Waals surface area contributed by atoms with E-state index in [2.05, 4.69) is 10.3 Å². The van der Waals surface area contributed by atoms with E-state index < -0.39 is 0 Å². The minimum Gasteiger partial charge on any atom is -0.340 e. The van der Waals surface area contributed by atoms with Gasteiger partial charge in [0.25, 0.3) is 0 Å². The van der Waals surface area contributed by atoms with Gasteiger partial charge in [-0.05, 0) is 30.7 Å². The van der Waals surface area contributed by atoms with Crippen LogP contribution in [0.3, 0.4) is 0 Å². The minimum atomic E-state index is 0.406. The number of nitrogens with zero attached hydrogens (tertiary/aromatic N) is 1. The maximum absolute atomic E-state index is 11.1. The van der Waals surface area contributed by atoms with Crippen LogP contribution in [0.2, 0.25) is 0 Å². The van der Waals surface area contributed by atoms with E-state index in [0.29, 0.717) is 22.8 Å². The highest BCUT2D eigenvalue weighted by atomic mass is 16.1. The first-order chi connectivity index (χ1) is 11.7. The summed E-state index contributed by atoms with van der Waals surface area (Å²) in [4.78, 5) is 15.4. The SMILES string of the molecule is Cc1ccccc1C(=N)c1ccc(C=O)cc1Nc1ccccn1. The standard InChI is InChI=1S/C20H17N3O/c1-14-6-2-3-7-16(14)20(21)17-10-9-15(13-24)12-18(17)23-19-8-4-5-11-22-19/h2-13,21H,1H3,(H,22,23). The van der Waals surface area contributed by atoms with Gasteiger partial charge in [0.15, 0.2) is 0 Å². The molecule has 0 saturated carbocycles. The molecule has 0 bridgehead atoms. The molecule has 0 aliphatic carbocycles. The van der Waals surface area contributed by atoms with E-state index in [-0.39, 0.29) is 0 Å². The number of aldehydes is 1. The van der Waals surface area contributed by atoms with Crippen molar-refractivity contribution in [1.82, 2.24) is 4.98 Å². The Morgan fingerprint density at radius 2 is 1.83 bits per heavy atom. The molecule has 118 valence electrons. The van der Waals surface area contributed by atoms with Gasteiger partial charge in [-0.25, -0.2) is 4.98 Å². The first-order valence-corrected chi connectivity index (χ1v) is 7.61. The summed E-state index contributed by atoms with van der Waals surface area (Å²) in [6, 6.07) is 18.6. The normalized spacial score (nSPS) is 10.2. The van der Waals surface area contributed by atoms with E-state index in [9.17, 15) is 4.79 Å². The molecule has 2 aromatic carbocycles. The van der Waals surface area contributed by atoms with Crippen molar-refractivity contribution in [3.8, 4) is 0 Å². The summed E-state index contributed by atoms with van der Waals surface area (Å²) < 4.78 is 0. The maximum Gasteiger partial charge on any atom is 0.150 e. The fourth-order valence-corrected chi connectivity index (χ4v) is 2.53. The van der Waals surface area contributed by atoms with E-state index in [1.54, 1.807) is 24.4 Å². The molecule has 3 rings (SSSR count). The molecular weight excluding hydrogens is 298 g/mol. The van der Waals surface area contributed by atoms with Crippen LogP contribution in [0.4, 0.5) is 11.5 Å². The van der Waals surface area contributed by atoms with Gasteiger partial charge in [0, 0.05) is 28.6 Å². The quantitative estimate of drug-likeness (QED) is 0.543. The predicted molar refractivity (Wildman–Crippen MR) is 96.5 cm³/mol. The summed E-state index contributed by atoms with van der Waals surface area (Å²) in [6.07, 6.45) is 2.49. The van der Waals surface area contributed by atoms with Crippen LogP contribution in [0.5, 0.6) is 0 Å². The topological polar surface area (TPSA) is 65.8 Å². The molecule has 0 fully saturated rings. The first-order valence-electron chi connectivity index (χ1n) is 7.61. The van der Waals surface area contributed by atoms with Crippen molar-refractivity contribution in [2.24, 2.45) is 0 Å². The average molecular weight is 315 g/mol. The summed E-state index contributed by atoms with van der Waals surface area (Å²) in [6.45, 7) is 1.98. The molecule has 0 spiro atoms. The molecule has 0 aliphatic heterocycles. The van der Waals surface area contributed by atoms with Gasteiger partial charge in [-0.3, -0.25) is 10.2 Å². The molecule has 1 heterocycles. The number of pyridine rings is 1. The van der Waals surface area contributed by atoms with Crippen molar-refractivity contribution in [2.75, 3.05) is 5.32 Å².